The van der Waals surface area contributed by atoms with Gasteiger partial charge in [0.15, 0.2) is 0 Å². The monoisotopic (exact) mass is 227 g/mol. The number of hydrogen-bond donors (Lipinski definition) is 1. The van der Waals surface area contributed by atoms with E-state index in [-0.39, 0.29) is 12.1 Å². The molecule has 0 saturated carbocycles. The molecule has 2 saturated heterocycles. The summed E-state index contributed by atoms with van der Waals surface area (Å²) in [6.07, 6.45) is 1.78. The number of amides is 1. The first-order valence-corrected chi connectivity index (χ1v) is 5.50. The van der Waals surface area contributed by atoms with E-state index in [4.69, 9.17) is 4.74 Å². The number of aliphatic carboxylic acids is 1. The molecule has 2 rings (SSSR count). The highest BCUT2D eigenvalue weighted by molar-refractivity contribution is 5.76. The van der Waals surface area contributed by atoms with Gasteiger partial charge in [0.25, 0.3) is 0 Å². The lowest BCUT2D eigenvalue weighted by Gasteiger charge is -2.43. The Morgan fingerprint density at radius 3 is 2.69 bits per heavy atom. The van der Waals surface area contributed by atoms with Crippen LogP contribution in [0.2, 0.25) is 0 Å². The van der Waals surface area contributed by atoms with Gasteiger partial charge in [-0.15, -0.1) is 0 Å². The second-order valence-corrected chi connectivity index (χ2v) is 4.34. The van der Waals surface area contributed by atoms with Crippen molar-refractivity contribution >= 4 is 12.1 Å². The zero-order chi connectivity index (χ0) is 11.6. The van der Waals surface area contributed by atoms with E-state index in [9.17, 15) is 14.7 Å². The molecular weight excluding hydrogens is 212 g/mol. The number of carboxylic acid groups (broad SMARTS) is 1. The lowest BCUT2D eigenvalue weighted by atomic mass is 9.87. The predicted molar refractivity (Wildman–Crippen MR) is 52.5 cm³/mol. The average molecular weight is 227 g/mol. The number of carboxylic acids is 1. The molecule has 2 aliphatic rings. The minimum atomic E-state index is -1.25. The molecule has 6 heteroatoms. The number of nitrogens with zero attached hydrogens (tertiary/aromatic N) is 1. The normalized spacial score (nSPS) is 24.2. The van der Waals surface area contributed by atoms with E-state index in [1.54, 1.807) is 0 Å². The van der Waals surface area contributed by atoms with E-state index in [1.165, 1.54) is 4.90 Å². The van der Waals surface area contributed by atoms with Gasteiger partial charge in [-0.3, -0.25) is 0 Å². The number of hydrogen-bond acceptors (Lipinski definition) is 5. The van der Waals surface area contributed by atoms with Gasteiger partial charge in [-0.25, -0.2) is 4.79 Å². The molecule has 0 aromatic rings. The summed E-state index contributed by atoms with van der Waals surface area (Å²) in [6, 6.07) is 0. The van der Waals surface area contributed by atoms with E-state index in [0.29, 0.717) is 13.0 Å². The number of carbonyl (C=O) groups excluding carboxylic acids is 2. The summed E-state index contributed by atoms with van der Waals surface area (Å²) in [6.45, 7) is 1.74. The largest absolute Gasteiger partial charge is 0.548 e. The Morgan fingerprint density at radius 2 is 2.12 bits per heavy atom. The maximum atomic E-state index is 11.6. The standard InChI is InChI=1S/C10H16N2O4/c13-8(14)7-12-6-3-10(16-9(12)15)1-4-11-5-2-10/h11H,1-7H2,(H,13,14)/p-1. The molecule has 0 radical (unpaired) electrons. The Kier molecular flexibility index (Phi) is 3.00. The van der Waals surface area contributed by atoms with Gasteiger partial charge in [0.05, 0.1) is 12.5 Å². The second-order valence-electron chi connectivity index (χ2n) is 4.34. The summed E-state index contributed by atoms with van der Waals surface area (Å²) in [5.41, 5.74) is -0.370. The van der Waals surface area contributed by atoms with Crippen LogP contribution in [0.25, 0.3) is 0 Å². The van der Waals surface area contributed by atoms with E-state index < -0.39 is 12.1 Å². The minimum absolute atomic E-state index is 0.370. The van der Waals surface area contributed by atoms with Crippen LogP contribution in [0.3, 0.4) is 0 Å². The van der Waals surface area contributed by atoms with E-state index in [0.717, 1.165) is 25.9 Å². The topological polar surface area (TPSA) is 81.7 Å². The van der Waals surface area contributed by atoms with Gasteiger partial charge in [0, 0.05) is 13.0 Å². The number of carbonyl (C=O) groups is 2. The predicted octanol–water partition coefficient (Wildman–Crippen LogP) is -1.30. The number of ether oxygens (including phenoxy) is 1. The number of rotatable bonds is 2. The first-order valence-electron chi connectivity index (χ1n) is 5.50. The highest BCUT2D eigenvalue weighted by Gasteiger charge is 2.41. The second kappa shape index (κ2) is 4.29. The van der Waals surface area contributed by atoms with Crippen molar-refractivity contribution in [1.29, 1.82) is 0 Å². The highest BCUT2D eigenvalue weighted by Crippen LogP contribution is 2.31. The van der Waals surface area contributed by atoms with Crippen LogP contribution in [0, 0.1) is 0 Å². The summed E-state index contributed by atoms with van der Waals surface area (Å²) < 4.78 is 5.38. The molecule has 1 spiro atoms. The van der Waals surface area contributed by atoms with Gasteiger partial charge in [-0.2, -0.15) is 0 Å². The van der Waals surface area contributed by atoms with Crippen LogP contribution in [0.5, 0.6) is 0 Å². The van der Waals surface area contributed by atoms with Crippen LogP contribution in [-0.2, 0) is 9.53 Å². The Bertz CT molecular complexity index is 299. The Labute approximate surface area is 93.6 Å². The smallest absolute Gasteiger partial charge is 0.410 e. The molecule has 0 aliphatic carbocycles. The first kappa shape index (κ1) is 11.2. The molecule has 0 bridgehead atoms. The zero-order valence-corrected chi connectivity index (χ0v) is 9.03. The molecule has 0 atom stereocenters. The summed E-state index contributed by atoms with van der Waals surface area (Å²) in [7, 11) is 0. The fourth-order valence-corrected chi connectivity index (χ4v) is 2.26. The lowest BCUT2D eigenvalue weighted by molar-refractivity contribution is -0.306. The molecule has 2 fully saturated rings. The van der Waals surface area contributed by atoms with Crippen molar-refractivity contribution in [3.63, 3.8) is 0 Å². The van der Waals surface area contributed by atoms with Crippen molar-refractivity contribution in [2.24, 2.45) is 0 Å². The fraction of sp³-hybridized carbons (Fsp3) is 0.800. The molecule has 0 unspecified atom stereocenters. The number of piperidine rings is 1. The first-order chi connectivity index (χ1) is 7.61. The van der Waals surface area contributed by atoms with Crippen molar-refractivity contribution < 1.29 is 19.4 Å². The average Bonchev–Trinajstić information content (AvgIpc) is 2.23. The van der Waals surface area contributed by atoms with Crippen LogP contribution < -0.4 is 10.4 Å². The van der Waals surface area contributed by atoms with Crippen LogP contribution in [0.4, 0.5) is 4.79 Å². The van der Waals surface area contributed by atoms with Crippen molar-refractivity contribution in [3.05, 3.63) is 0 Å². The number of nitrogens with one attached hydrogen (secondary N) is 1. The Morgan fingerprint density at radius 1 is 1.44 bits per heavy atom. The van der Waals surface area contributed by atoms with Crippen molar-refractivity contribution in [1.82, 2.24) is 10.2 Å². The van der Waals surface area contributed by atoms with Crippen molar-refractivity contribution in [2.45, 2.75) is 24.9 Å². The SMILES string of the molecule is O=C([O-])CN1CCC2(CCNCC2)OC1=O. The van der Waals surface area contributed by atoms with Gasteiger partial charge in [0.1, 0.15) is 5.60 Å². The summed E-state index contributed by atoms with van der Waals surface area (Å²) in [5, 5.41) is 13.6. The van der Waals surface area contributed by atoms with Gasteiger partial charge in [0.2, 0.25) is 0 Å². The Hall–Kier alpha value is -1.30. The molecule has 1 N–H and O–H groups in total. The van der Waals surface area contributed by atoms with Gasteiger partial charge >= 0.3 is 6.09 Å². The Balaban J connectivity index is 1.96. The van der Waals surface area contributed by atoms with Gasteiger partial charge < -0.3 is 24.9 Å². The molecule has 90 valence electrons. The summed E-state index contributed by atoms with van der Waals surface area (Å²) >= 11 is 0. The van der Waals surface area contributed by atoms with Crippen LogP contribution in [0.1, 0.15) is 19.3 Å². The van der Waals surface area contributed by atoms with Crippen LogP contribution >= 0.6 is 0 Å². The third-order valence-electron chi connectivity index (χ3n) is 3.23. The zero-order valence-electron chi connectivity index (χ0n) is 9.03. The minimum Gasteiger partial charge on any atom is -0.548 e. The summed E-state index contributed by atoms with van der Waals surface area (Å²) in [4.78, 5) is 23.2. The third-order valence-corrected chi connectivity index (χ3v) is 3.23. The van der Waals surface area contributed by atoms with Crippen molar-refractivity contribution in [3.8, 4) is 0 Å². The van der Waals surface area contributed by atoms with E-state index in [2.05, 4.69) is 5.32 Å². The van der Waals surface area contributed by atoms with Gasteiger partial charge in [-0.1, -0.05) is 0 Å². The van der Waals surface area contributed by atoms with Gasteiger partial charge in [-0.05, 0) is 25.9 Å². The molecule has 2 heterocycles. The third kappa shape index (κ3) is 2.27. The molecule has 16 heavy (non-hydrogen) atoms. The molecule has 2 aliphatic heterocycles. The summed E-state index contributed by atoms with van der Waals surface area (Å²) in [5.74, 6) is -1.25. The maximum Gasteiger partial charge on any atom is 0.410 e. The fourth-order valence-electron chi connectivity index (χ4n) is 2.26. The van der Waals surface area contributed by atoms with Crippen LogP contribution in [-0.4, -0.2) is 48.7 Å². The highest BCUT2D eigenvalue weighted by atomic mass is 16.6. The van der Waals surface area contributed by atoms with E-state index >= 15 is 0 Å². The molecule has 1 amide bonds. The van der Waals surface area contributed by atoms with Crippen LogP contribution in [0.15, 0.2) is 0 Å². The molecular formula is C10H15N2O4-. The quantitative estimate of drug-likeness (QED) is 0.634. The molecule has 0 aromatic heterocycles. The lowest BCUT2D eigenvalue weighted by Crippen LogP contribution is -2.55. The molecule has 0 aromatic carbocycles. The molecule has 6 nitrogen and oxygen atoms in total. The van der Waals surface area contributed by atoms with Crippen molar-refractivity contribution in [2.75, 3.05) is 26.2 Å². The van der Waals surface area contributed by atoms with E-state index in [1.807, 2.05) is 0 Å². The maximum absolute atomic E-state index is 11.6.